The lowest BCUT2D eigenvalue weighted by atomic mass is 9.97. The number of aromatic nitrogens is 12. The van der Waals surface area contributed by atoms with Crippen molar-refractivity contribution < 1.29 is 33.2 Å². The molecule has 8 heterocycles. The Morgan fingerprint density at radius 3 is 1.17 bits per heavy atom. The average Bonchev–Trinajstić information content (AvgIpc) is 1.48. The fraction of sp³-hybridized carbons (Fsp3) is 0.358. The number of primary amides is 1. The number of anilines is 6. The van der Waals surface area contributed by atoms with Gasteiger partial charge in [0.2, 0.25) is 5.91 Å². The van der Waals surface area contributed by atoms with Gasteiger partial charge in [-0.15, -0.1) is 0 Å². The molecule has 0 bridgehead atoms. The number of piperazine rings is 1. The van der Waals surface area contributed by atoms with Gasteiger partial charge in [0, 0.05) is 216 Å². The lowest BCUT2D eigenvalue weighted by molar-refractivity contribution is -0.123. The van der Waals surface area contributed by atoms with Crippen molar-refractivity contribution in [2.75, 3.05) is 143 Å². The summed E-state index contributed by atoms with van der Waals surface area (Å²) in [6, 6.07) is 36.3. The molecular weight excluding hydrogens is 1370 g/mol. The summed E-state index contributed by atoms with van der Waals surface area (Å²) in [5.74, 6) is 4.03. The second kappa shape index (κ2) is 36.7. The van der Waals surface area contributed by atoms with E-state index in [1.807, 2.05) is 123 Å². The molecule has 568 valence electrons. The number of amides is 1. The molecular formula is C81H102N20O7. The molecule has 0 aliphatic carbocycles. The number of likely N-dealkylation sites (N-methyl/N-ethyl adjacent to an activating group) is 1. The van der Waals surface area contributed by atoms with Crippen LogP contribution in [0.4, 0.5) is 34.1 Å². The van der Waals surface area contributed by atoms with E-state index < -0.39 is 0 Å². The quantitative estimate of drug-likeness (QED) is 0.0538. The maximum atomic E-state index is 11.8. The SMILES string of the molecule is C.C.COc1cc(OC)cc(N(CCN)c2ccc3ncc(-c4cnn(C(C)C)c4)nc3c2)c1.COc1cc(OC)cc(N(CCN2CCCC(C(N)=O)C2)c2ccc3ncc(-c4cnn(C)c4)nc3c2)c1.COc1cc(OC)cc(N(CCN2CCN(C)CC2)c2ccc3ncc(-c4cnn(C)c4)nc3c2)c1. The predicted octanol–water partition coefficient (Wildman–Crippen LogP) is 12.3. The van der Waals surface area contributed by atoms with Crippen LogP contribution in [0.3, 0.4) is 0 Å². The van der Waals surface area contributed by atoms with Gasteiger partial charge in [-0.3, -0.25) is 38.7 Å². The van der Waals surface area contributed by atoms with Crippen LogP contribution in [0.1, 0.15) is 47.6 Å². The van der Waals surface area contributed by atoms with Crippen LogP contribution in [-0.4, -0.2) is 208 Å². The summed E-state index contributed by atoms with van der Waals surface area (Å²) >= 11 is 0. The summed E-state index contributed by atoms with van der Waals surface area (Å²) in [7, 11) is 15.9. The van der Waals surface area contributed by atoms with E-state index in [0.717, 1.165) is 178 Å². The standard InChI is InChI=1S/C28H33N7O3.C27H33N7O2.C24H28N6O2.2CH4/c1-33-17-20(15-31-33)27-16-30-25-7-6-21(13-26(25)32-27)35(22-11-23(37-2)14-24(12-22)38-3)10-9-34-8-4-5-19(18-34)28(29)36;1-31-7-9-33(10-8-31)11-12-34(22-13-23(35-3)16-24(14-22)36-4)21-5-6-25-26(15-21)30-27(18-28-25)20-17-29-32(2)19-20;1-16(2)30-15-17(13-27-30)24-14-26-22-6-5-18(11-23(22)28-24)29(8-7-25)19-9-20(31-3)12-21(10-19)32-4;;/h6-7,11-17,19H,4-5,8-10,18H2,1-3H3,(H2,29,36);5-6,13-19H,7-12H2,1-4H3;5-6,9-16H,7-8,25H2,1-4H3;2*1H4. The van der Waals surface area contributed by atoms with E-state index in [1.54, 1.807) is 76.8 Å². The van der Waals surface area contributed by atoms with Gasteiger partial charge in [-0.05, 0) is 94.9 Å². The molecule has 12 aromatic rings. The minimum atomic E-state index is -0.221. The summed E-state index contributed by atoms with van der Waals surface area (Å²) in [5.41, 5.74) is 27.5. The Morgan fingerprint density at radius 1 is 0.454 bits per heavy atom. The number of likely N-dealkylation sites (tertiary alicyclic amines) is 1. The van der Waals surface area contributed by atoms with E-state index in [2.05, 4.69) is 117 Å². The summed E-state index contributed by atoms with van der Waals surface area (Å²) in [6.45, 7) is 14.5. The lowest BCUT2D eigenvalue weighted by Gasteiger charge is -2.34. The first-order chi connectivity index (χ1) is 51.5. The van der Waals surface area contributed by atoms with Crippen molar-refractivity contribution in [3.8, 4) is 68.3 Å². The smallest absolute Gasteiger partial charge is 0.221 e. The van der Waals surface area contributed by atoms with Crippen molar-refractivity contribution in [3.05, 3.63) is 165 Å². The van der Waals surface area contributed by atoms with E-state index in [1.165, 1.54) is 0 Å². The molecule has 108 heavy (non-hydrogen) atoms. The second-order valence-electron chi connectivity index (χ2n) is 26.5. The zero-order chi connectivity index (χ0) is 74.4. The number of piperidine rings is 1. The fourth-order valence-corrected chi connectivity index (χ4v) is 13.0. The Hall–Kier alpha value is -11.5. The van der Waals surface area contributed by atoms with E-state index in [-0.39, 0.29) is 32.7 Å². The molecule has 27 heteroatoms. The number of hydrogen-bond donors (Lipinski definition) is 2. The van der Waals surface area contributed by atoms with Gasteiger partial charge in [-0.2, -0.15) is 15.3 Å². The van der Waals surface area contributed by atoms with Crippen LogP contribution < -0.4 is 54.6 Å². The number of fused-ring (bicyclic) bond motifs is 3. The Kier molecular flexibility index (Phi) is 26.8. The van der Waals surface area contributed by atoms with E-state index in [9.17, 15) is 4.79 Å². The van der Waals surface area contributed by atoms with Gasteiger partial charge in [0.25, 0.3) is 0 Å². The highest BCUT2D eigenvalue weighted by Crippen LogP contribution is 2.38. The number of benzene rings is 6. The Bertz CT molecular complexity index is 4890. The summed E-state index contributed by atoms with van der Waals surface area (Å²) in [5, 5.41) is 13.0. The molecule has 14 rings (SSSR count). The number of methoxy groups -OCH3 is 6. The first kappa shape index (κ1) is 79.1. The molecule has 0 radical (unpaired) electrons. The maximum absolute atomic E-state index is 11.8. The van der Waals surface area contributed by atoms with Gasteiger partial charge < -0.3 is 64.4 Å². The highest BCUT2D eigenvalue weighted by atomic mass is 16.5. The van der Waals surface area contributed by atoms with Gasteiger partial charge in [0.15, 0.2) is 0 Å². The van der Waals surface area contributed by atoms with Crippen molar-refractivity contribution in [2.45, 2.75) is 47.6 Å². The monoisotopic (exact) mass is 1470 g/mol. The molecule has 6 aromatic heterocycles. The molecule has 27 nitrogen and oxygen atoms in total. The minimum absolute atomic E-state index is 0. The number of nitrogens with two attached hydrogens (primary N) is 2. The Balaban J connectivity index is 0.000000172. The molecule has 0 saturated carbocycles. The van der Waals surface area contributed by atoms with Crippen LogP contribution in [0.2, 0.25) is 0 Å². The van der Waals surface area contributed by atoms with E-state index in [0.29, 0.717) is 49.2 Å². The largest absolute Gasteiger partial charge is 0.497 e. The first-order valence-corrected chi connectivity index (χ1v) is 35.4. The van der Waals surface area contributed by atoms with Crippen LogP contribution >= 0.6 is 0 Å². The number of carbonyl (C=O) groups excluding carboxylic acids is 1. The molecule has 2 aliphatic heterocycles. The van der Waals surface area contributed by atoms with Gasteiger partial charge >= 0.3 is 0 Å². The Morgan fingerprint density at radius 2 is 0.824 bits per heavy atom. The zero-order valence-corrected chi connectivity index (χ0v) is 62.2. The Labute approximate surface area is 632 Å². The van der Waals surface area contributed by atoms with Gasteiger partial charge in [0.1, 0.15) is 34.5 Å². The normalized spacial score (nSPS) is 13.8. The lowest BCUT2D eigenvalue weighted by Crippen LogP contribution is -2.46. The summed E-state index contributed by atoms with van der Waals surface area (Å²) in [6.07, 6.45) is 18.5. The molecule has 2 saturated heterocycles. The molecule has 1 atom stereocenters. The molecule has 6 aromatic carbocycles. The molecule has 4 N–H and O–H groups in total. The van der Waals surface area contributed by atoms with Crippen LogP contribution in [0.15, 0.2) is 165 Å². The molecule has 2 fully saturated rings. The molecule has 0 spiro atoms. The second-order valence-corrected chi connectivity index (χ2v) is 26.5. The average molecular weight is 1470 g/mol. The van der Waals surface area contributed by atoms with Crippen molar-refractivity contribution in [1.29, 1.82) is 0 Å². The number of aryl methyl sites for hydroxylation is 2. The maximum Gasteiger partial charge on any atom is 0.221 e. The van der Waals surface area contributed by atoms with E-state index >= 15 is 0 Å². The fourth-order valence-electron chi connectivity index (χ4n) is 13.0. The minimum Gasteiger partial charge on any atom is -0.497 e. The van der Waals surface area contributed by atoms with Crippen molar-refractivity contribution in [3.63, 3.8) is 0 Å². The zero-order valence-electron chi connectivity index (χ0n) is 62.2. The molecule has 1 unspecified atom stereocenters. The van der Waals surface area contributed by atoms with Crippen LogP contribution in [0.5, 0.6) is 34.5 Å². The van der Waals surface area contributed by atoms with Gasteiger partial charge in [0.05, 0.1) is 136 Å². The topological polar surface area (TPSA) is 275 Å². The summed E-state index contributed by atoms with van der Waals surface area (Å²) in [4.78, 5) is 54.2. The van der Waals surface area contributed by atoms with Crippen LogP contribution in [0, 0.1) is 5.92 Å². The highest BCUT2D eigenvalue weighted by molar-refractivity contribution is 5.86. The highest BCUT2D eigenvalue weighted by Gasteiger charge is 2.26. The molecule has 1 amide bonds. The van der Waals surface area contributed by atoms with Gasteiger partial charge in [-0.25, -0.2) is 15.0 Å². The third kappa shape index (κ3) is 19.4. The van der Waals surface area contributed by atoms with Crippen molar-refractivity contribution in [1.82, 2.24) is 73.9 Å². The predicted molar refractivity (Wildman–Crippen MR) is 429 cm³/mol. The van der Waals surface area contributed by atoms with Crippen LogP contribution in [-0.2, 0) is 18.9 Å². The van der Waals surface area contributed by atoms with Crippen LogP contribution in [0.25, 0.3) is 66.9 Å². The third-order valence-corrected chi connectivity index (χ3v) is 19.0. The number of nitrogens with zero attached hydrogens (tertiary/aromatic N) is 18. The first-order valence-electron chi connectivity index (χ1n) is 35.4. The molecule has 2 aliphatic rings. The number of rotatable bonds is 25. The van der Waals surface area contributed by atoms with E-state index in [4.69, 9.17) is 54.8 Å². The van der Waals surface area contributed by atoms with Crippen molar-refractivity contribution >= 4 is 73.1 Å². The summed E-state index contributed by atoms with van der Waals surface area (Å²) < 4.78 is 38.6. The van der Waals surface area contributed by atoms with Crippen molar-refractivity contribution in [2.24, 2.45) is 31.5 Å². The van der Waals surface area contributed by atoms with Gasteiger partial charge in [-0.1, -0.05) is 14.9 Å². The number of ether oxygens (including phenoxy) is 6. The third-order valence-electron chi connectivity index (χ3n) is 19.0. The number of carbonyl (C=O) groups is 1. The number of hydrogen-bond acceptors (Lipinski definition) is 23.